The molecule has 0 heterocycles. The molecule has 3 rings (SSSR count). The molecule has 0 aromatic heterocycles. The van der Waals surface area contributed by atoms with E-state index in [1.54, 1.807) is 6.07 Å². The molecular formula is C15H19NO2. The van der Waals surface area contributed by atoms with Gasteiger partial charge < -0.3 is 10.4 Å². The Hall–Kier alpha value is -1.51. The average Bonchev–Trinajstić information content (AvgIpc) is 2.80. The van der Waals surface area contributed by atoms with Crippen molar-refractivity contribution in [1.82, 2.24) is 0 Å². The number of phenolic OH excluding ortho intramolecular Hbond substituents is 1. The number of anilines is 1. The van der Waals surface area contributed by atoms with Crippen LogP contribution >= 0.6 is 0 Å². The minimum Gasteiger partial charge on any atom is -0.508 e. The highest BCUT2D eigenvalue weighted by Crippen LogP contribution is 2.57. The lowest BCUT2D eigenvalue weighted by atomic mass is 10.1. The molecule has 2 saturated carbocycles. The van der Waals surface area contributed by atoms with Gasteiger partial charge in [-0.2, -0.15) is 0 Å². The Morgan fingerprint density at radius 3 is 2.56 bits per heavy atom. The van der Waals surface area contributed by atoms with Gasteiger partial charge in [-0.15, -0.1) is 0 Å². The highest BCUT2D eigenvalue weighted by Gasteiger charge is 2.56. The van der Waals surface area contributed by atoms with Crippen molar-refractivity contribution in [2.24, 2.45) is 17.8 Å². The number of phenols is 1. The molecule has 0 radical (unpaired) electrons. The van der Waals surface area contributed by atoms with Crippen LogP contribution in [0.15, 0.2) is 12.1 Å². The third-order valence-corrected chi connectivity index (χ3v) is 4.51. The lowest BCUT2D eigenvalue weighted by Crippen LogP contribution is -2.17. The van der Waals surface area contributed by atoms with Crippen LogP contribution in [0.3, 0.4) is 0 Å². The maximum atomic E-state index is 12.2. The van der Waals surface area contributed by atoms with Crippen LogP contribution in [0.4, 0.5) is 5.69 Å². The van der Waals surface area contributed by atoms with Crippen molar-refractivity contribution in [3.63, 3.8) is 0 Å². The van der Waals surface area contributed by atoms with Crippen LogP contribution in [-0.2, 0) is 4.79 Å². The molecule has 2 aliphatic rings. The monoisotopic (exact) mass is 245 g/mol. The molecule has 0 aliphatic heterocycles. The fourth-order valence-corrected chi connectivity index (χ4v) is 3.36. The second-order valence-electron chi connectivity index (χ2n) is 5.73. The van der Waals surface area contributed by atoms with Gasteiger partial charge in [-0.1, -0.05) is 6.42 Å². The molecular weight excluding hydrogens is 226 g/mol. The highest BCUT2D eigenvalue weighted by molar-refractivity contribution is 5.95. The second-order valence-corrected chi connectivity index (χ2v) is 5.73. The van der Waals surface area contributed by atoms with Crippen molar-refractivity contribution in [2.75, 3.05) is 5.32 Å². The fraction of sp³-hybridized carbons (Fsp3) is 0.533. The lowest BCUT2D eigenvalue weighted by Gasteiger charge is -2.11. The first kappa shape index (κ1) is 11.6. The Balaban J connectivity index is 1.73. The van der Waals surface area contributed by atoms with Gasteiger partial charge in [0, 0.05) is 11.6 Å². The van der Waals surface area contributed by atoms with Gasteiger partial charge in [0.2, 0.25) is 5.91 Å². The Kier molecular flexibility index (Phi) is 2.58. The van der Waals surface area contributed by atoms with Crippen LogP contribution in [0.25, 0.3) is 0 Å². The molecule has 2 N–H and O–H groups in total. The van der Waals surface area contributed by atoms with Crippen molar-refractivity contribution < 1.29 is 9.90 Å². The Labute approximate surface area is 107 Å². The van der Waals surface area contributed by atoms with E-state index in [4.69, 9.17) is 0 Å². The lowest BCUT2D eigenvalue weighted by molar-refractivity contribution is -0.118. The molecule has 0 spiro atoms. The maximum absolute atomic E-state index is 12.2. The molecule has 2 fully saturated rings. The van der Waals surface area contributed by atoms with E-state index in [-0.39, 0.29) is 17.6 Å². The van der Waals surface area contributed by atoms with Crippen LogP contribution in [0.5, 0.6) is 5.75 Å². The van der Waals surface area contributed by atoms with E-state index >= 15 is 0 Å². The van der Waals surface area contributed by atoms with Gasteiger partial charge in [0.15, 0.2) is 0 Å². The summed E-state index contributed by atoms with van der Waals surface area (Å²) in [6, 6.07) is 3.55. The molecule has 1 aromatic rings. The zero-order valence-corrected chi connectivity index (χ0v) is 10.9. The van der Waals surface area contributed by atoms with E-state index in [1.165, 1.54) is 19.3 Å². The zero-order valence-electron chi connectivity index (χ0n) is 10.9. The van der Waals surface area contributed by atoms with E-state index < -0.39 is 0 Å². The third-order valence-electron chi connectivity index (χ3n) is 4.51. The second kappa shape index (κ2) is 4.01. The normalized spacial score (nSPS) is 28.9. The van der Waals surface area contributed by atoms with Gasteiger partial charge in [0.25, 0.3) is 0 Å². The van der Waals surface area contributed by atoms with Gasteiger partial charge in [0.1, 0.15) is 5.75 Å². The van der Waals surface area contributed by atoms with Gasteiger partial charge in [-0.3, -0.25) is 4.79 Å². The SMILES string of the molecule is Cc1cc(NC(=O)C2C3CCCC32)c(C)cc1O. The van der Waals surface area contributed by atoms with Crippen molar-refractivity contribution >= 4 is 11.6 Å². The largest absolute Gasteiger partial charge is 0.508 e. The first-order chi connectivity index (χ1) is 8.58. The number of benzene rings is 1. The predicted molar refractivity (Wildman–Crippen MR) is 70.5 cm³/mol. The number of nitrogens with one attached hydrogen (secondary N) is 1. The van der Waals surface area contributed by atoms with E-state index in [0.717, 1.165) is 16.8 Å². The minimum absolute atomic E-state index is 0.165. The third kappa shape index (κ3) is 1.78. The van der Waals surface area contributed by atoms with Crippen molar-refractivity contribution in [1.29, 1.82) is 0 Å². The summed E-state index contributed by atoms with van der Waals surface area (Å²) >= 11 is 0. The van der Waals surface area contributed by atoms with E-state index in [9.17, 15) is 9.90 Å². The summed E-state index contributed by atoms with van der Waals surface area (Å²) < 4.78 is 0. The standard InChI is InChI=1S/C15H19NO2/c1-8-7-13(17)9(2)6-12(8)16-15(18)14-10-4-3-5-11(10)14/h6-7,10-11,14,17H,3-5H2,1-2H3,(H,16,18). The summed E-state index contributed by atoms with van der Waals surface area (Å²) in [6.45, 7) is 3.75. The first-order valence-electron chi connectivity index (χ1n) is 6.69. The number of rotatable bonds is 2. The van der Waals surface area contributed by atoms with Gasteiger partial charge in [0.05, 0.1) is 0 Å². The molecule has 3 nitrogen and oxygen atoms in total. The maximum Gasteiger partial charge on any atom is 0.228 e. The summed E-state index contributed by atoms with van der Waals surface area (Å²) in [5.41, 5.74) is 2.55. The molecule has 2 unspecified atom stereocenters. The summed E-state index contributed by atoms with van der Waals surface area (Å²) in [5, 5.41) is 12.6. The van der Waals surface area contributed by atoms with Crippen molar-refractivity contribution in [2.45, 2.75) is 33.1 Å². The molecule has 3 heteroatoms. The number of carbonyl (C=O) groups excluding carboxylic acids is 1. The number of amides is 1. The quantitative estimate of drug-likeness (QED) is 0.787. The smallest absolute Gasteiger partial charge is 0.228 e. The van der Waals surface area contributed by atoms with E-state index in [0.29, 0.717) is 11.8 Å². The molecule has 0 bridgehead atoms. The number of aryl methyl sites for hydroxylation is 2. The van der Waals surface area contributed by atoms with Crippen LogP contribution < -0.4 is 5.32 Å². The number of fused-ring (bicyclic) bond motifs is 1. The summed E-state index contributed by atoms with van der Waals surface area (Å²) in [7, 11) is 0. The average molecular weight is 245 g/mol. The zero-order chi connectivity index (χ0) is 12.9. The molecule has 2 aliphatic carbocycles. The number of aromatic hydroxyl groups is 1. The predicted octanol–water partition coefficient (Wildman–Crippen LogP) is 2.99. The molecule has 18 heavy (non-hydrogen) atoms. The van der Waals surface area contributed by atoms with Crippen LogP contribution in [0.2, 0.25) is 0 Å². The van der Waals surface area contributed by atoms with Crippen LogP contribution in [0.1, 0.15) is 30.4 Å². The topological polar surface area (TPSA) is 49.3 Å². The van der Waals surface area contributed by atoms with Gasteiger partial charge in [-0.25, -0.2) is 0 Å². The summed E-state index contributed by atoms with van der Waals surface area (Å²) in [5.74, 6) is 1.98. The fourth-order valence-electron chi connectivity index (χ4n) is 3.36. The van der Waals surface area contributed by atoms with E-state index in [1.807, 2.05) is 19.9 Å². The van der Waals surface area contributed by atoms with Crippen molar-refractivity contribution in [3.05, 3.63) is 23.3 Å². The first-order valence-corrected chi connectivity index (χ1v) is 6.69. The minimum atomic E-state index is 0.165. The number of hydrogen-bond donors (Lipinski definition) is 2. The Bertz CT molecular complexity index is 499. The number of hydrogen-bond acceptors (Lipinski definition) is 2. The summed E-state index contributed by atoms with van der Waals surface area (Å²) in [6.07, 6.45) is 3.73. The molecule has 1 aromatic carbocycles. The Morgan fingerprint density at radius 2 is 1.89 bits per heavy atom. The molecule has 0 saturated heterocycles. The Morgan fingerprint density at radius 1 is 1.22 bits per heavy atom. The molecule has 96 valence electrons. The summed E-state index contributed by atoms with van der Waals surface area (Å²) in [4.78, 5) is 12.2. The number of carbonyl (C=O) groups is 1. The van der Waals surface area contributed by atoms with Gasteiger partial charge in [-0.05, 0) is 61.8 Å². The molecule has 2 atom stereocenters. The molecule has 1 amide bonds. The van der Waals surface area contributed by atoms with Crippen LogP contribution in [-0.4, -0.2) is 11.0 Å². The van der Waals surface area contributed by atoms with Crippen LogP contribution in [0, 0.1) is 31.6 Å². The highest BCUT2D eigenvalue weighted by atomic mass is 16.3. The van der Waals surface area contributed by atoms with E-state index in [2.05, 4.69) is 5.32 Å². The van der Waals surface area contributed by atoms with Crippen molar-refractivity contribution in [3.8, 4) is 5.75 Å². The van der Waals surface area contributed by atoms with Gasteiger partial charge >= 0.3 is 0 Å².